The average Bonchev–Trinajstić information content (AvgIpc) is 3.17. The molecule has 11 heteroatoms. The lowest BCUT2D eigenvalue weighted by molar-refractivity contribution is -0.146. The maximum atomic E-state index is 13.0. The van der Waals surface area contributed by atoms with Crippen LogP contribution in [0.1, 0.15) is 16.2 Å². The SMILES string of the molecule is COc1ccc(C(=O)N2CCN(c3ccc4nnc(C(F)(F)F)n4n3)CC2)cc1. The Balaban J connectivity index is 1.47. The highest BCUT2D eigenvalue weighted by molar-refractivity contribution is 5.94. The Morgan fingerprint density at radius 1 is 1.00 bits per heavy atom. The van der Waals surface area contributed by atoms with Gasteiger partial charge in [0.2, 0.25) is 0 Å². The van der Waals surface area contributed by atoms with Crippen molar-refractivity contribution in [3.8, 4) is 5.75 Å². The van der Waals surface area contributed by atoms with Crippen molar-refractivity contribution in [3.63, 3.8) is 0 Å². The molecule has 0 bridgehead atoms. The van der Waals surface area contributed by atoms with Gasteiger partial charge in [-0.15, -0.1) is 15.3 Å². The number of piperazine rings is 1. The van der Waals surface area contributed by atoms with Crippen molar-refractivity contribution in [1.82, 2.24) is 24.7 Å². The van der Waals surface area contributed by atoms with Crippen molar-refractivity contribution in [2.75, 3.05) is 38.2 Å². The molecule has 0 aliphatic carbocycles. The highest BCUT2D eigenvalue weighted by Gasteiger charge is 2.38. The first kappa shape index (κ1) is 19.0. The van der Waals surface area contributed by atoms with Crippen LogP contribution in [0, 0.1) is 0 Å². The monoisotopic (exact) mass is 406 g/mol. The van der Waals surface area contributed by atoms with Crippen molar-refractivity contribution in [2.45, 2.75) is 6.18 Å². The van der Waals surface area contributed by atoms with Crippen molar-refractivity contribution in [2.24, 2.45) is 0 Å². The minimum atomic E-state index is -4.64. The molecule has 4 rings (SSSR count). The second-order valence-electron chi connectivity index (χ2n) is 6.49. The summed E-state index contributed by atoms with van der Waals surface area (Å²) in [6.45, 7) is 1.76. The molecule has 0 spiro atoms. The molecule has 1 aliphatic heterocycles. The maximum Gasteiger partial charge on any atom is 0.453 e. The number of methoxy groups -OCH3 is 1. The van der Waals surface area contributed by atoms with Crippen LogP contribution in [-0.4, -0.2) is 63.9 Å². The molecule has 1 aliphatic rings. The van der Waals surface area contributed by atoms with Crippen LogP contribution in [0.3, 0.4) is 0 Å². The number of amides is 1. The maximum absolute atomic E-state index is 13.0. The largest absolute Gasteiger partial charge is 0.497 e. The number of halogens is 3. The van der Waals surface area contributed by atoms with Gasteiger partial charge >= 0.3 is 6.18 Å². The number of hydrogen-bond donors (Lipinski definition) is 0. The fraction of sp³-hybridized carbons (Fsp3) is 0.333. The summed E-state index contributed by atoms with van der Waals surface area (Å²) in [5.41, 5.74) is 0.576. The molecule has 0 saturated carbocycles. The molecular weight excluding hydrogens is 389 g/mol. The minimum Gasteiger partial charge on any atom is -0.497 e. The number of ether oxygens (including phenoxy) is 1. The first-order chi connectivity index (χ1) is 13.9. The van der Waals surface area contributed by atoms with Crippen molar-refractivity contribution in [1.29, 1.82) is 0 Å². The molecule has 0 atom stereocenters. The number of carbonyl (C=O) groups is 1. The highest BCUT2D eigenvalue weighted by Crippen LogP contribution is 2.28. The molecule has 0 unspecified atom stereocenters. The number of benzene rings is 1. The second-order valence-corrected chi connectivity index (χ2v) is 6.49. The van der Waals surface area contributed by atoms with Crippen LogP contribution in [0.15, 0.2) is 36.4 Å². The van der Waals surface area contributed by atoms with E-state index in [0.717, 1.165) is 0 Å². The summed E-state index contributed by atoms with van der Waals surface area (Å²) in [6, 6.07) is 9.89. The minimum absolute atomic E-state index is 0.0226. The van der Waals surface area contributed by atoms with E-state index in [1.807, 2.05) is 4.90 Å². The topological polar surface area (TPSA) is 75.9 Å². The number of alkyl halides is 3. The van der Waals surface area contributed by atoms with Gasteiger partial charge in [0.05, 0.1) is 7.11 Å². The van der Waals surface area contributed by atoms with Crippen LogP contribution in [0.25, 0.3) is 5.65 Å². The molecule has 8 nitrogen and oxygen atoms in total. The van der Waals surface area contributed by atoms with E-state index in [-0.39, 0.29) is 11.6 Å². The van der Waals surface area contributed by atoms with Gasteiger partial charge in [0.1, 0.15) is 11.6 Å². The van der Waals surface area contributed by atoms with Crippen LogP contribution in [0.2, 0.25) is 0 Å². The number of fused-ring (bicyclic) bond motifs is 1. The van der Waals surface area contributed by atoms with E-state index in [1.54, 1.807) is 42.3 Å². The lowest BCUT2D eigenvalue weighted by Crippen LogP contribution is -2.49. The number of rotatable bonds is 3. The van der Waals surface area contributed by atoms with E-state index in [9.17, 15) is 18.0 Å². The van der Waals surface area contributed by atoms with Gasteiger partial charge in [-0.3, -0.25) is 4.79 Å². The molecule has 1 fully saturated rings. The second kappa shape index (κ2) is 7.22. The Bertz CT molecular complexity index is 1030. The Kier molecular flexibility index (Phi) is 4.73. The van der Waals surface area contributed by atoms with Gasteiger partial charge in [-0.25, -0.2) is 0 Å². The van der Waals surface area contributed by atoms with E-state index in [0.29, 0.717) is 47.8 Å². The van der Waals surface area contributed by atoms with Gasteiger partial charge in [-0.05, 0) is 36.4 Å². The van der Waals surface area contributed by atoms with Crippen LogP contribution >= 0.6 is 0 Å². The quantitative estimate of drug-likeness (QED) is 0.663. The van der Waals surface area contributed by atoms with Gasteiger partial charge in [-0.1, -0.05) is 0 Å². The lowest BCUT2D eigenvalue weighted by Gasteiger charge is -2.35. The third-order valence-corrected chi connectivity index (χ3v) is 4.73. The third kappa shape index (κ3) is 3.67. The smallest absolute Gasteiger partial charge is 0.453 e. The predicted octanol–water partition coefficient (Wildman–Crippen LogP) is 2.11. The predicted molar refractivity (Wildman–Crippen MR) is 96.9 cm³/mol. The number of anilines is 1. The van der Waals surface area contributed by atoms with Crippen LogP contribution in [0.4, 0.5) is 19.0 Å². The zero-order valence-electron chi connectivity index (χ0n) is 15.4. The van der Waals surface area contributed by atoms with Gasteiger partial charge in [0.15, 0.2) is 5.65 Å². The number of carbonyl (C=O) groups excluding carboxylic acids is 1. The molecule has 1 amide bonds. The Morgan fingerprint density at radius 2 is 1.69 bits per heavy atom. The van der Waals surface area contributed by atoms with Gasteiger partial charge in [-0.2, -0.15) is 17.7 Å². The average molecular weight is 406 g/mol. The van der Waals surface area contributed by atoms with Gasteiger partial charge in [0.25, 0.3) is 11.7 Å². The summed E-state index contributed by atoms with van der Waals surface area (Å²) in [4.78, 5) is 16.2. The fourth-order valence-electron chi connectivity index (χ4n) is 3.18. The Labute approximate surface area is 163 Å². The van der Waals surface area contributed by atoms with Crippen LogP contribution in [-0.2, 0) is 6.18 Å². The summed E-state index contributed by atoms with van der Waals surface area (Å²) >= 11 is 0. The molecular formula is C18H17F3N6O2. The summed E-state index contributed by atoms with van der Waals surface area (Å²) in [5, 5.41) is 10.7. The Hall–Kier alpha value is -3.37. The number of nitrogens with zero attached hydrogens (tertiary/aromatic N) is 6. The molecule has 1 saturated heterocycles. The van der Waals surface area contributed by atoms with Gasteiger partial charge < -0.3 is 14.5 Å². The molecule has 29 heavy (non-hydrogen) atoms. The third-order valence-electron chi connectivity index (χ3n) is 4.73. The fourth-order valence-corrected chi connectivity index (χ4v) is 3.18. The zero-order chi connectivity index (χ0) is 20.6. The molecule has 3 aromatic rings. The summed E-state index contributed by atoms with van der Waals surface area (Å²) < 4.78 is 44.9. The summed E-state index contributed by atoms with van der Waals surface area (Å²) in [7, 11) is 1.55. The van der Waals surface area contributed by atoms with Crippen LogP contribution in [0.5, 0.6) is 5.75 Å². The van der Waals surface area contributed by atoms with Crippen LogP contribution < -0.4 is 9.64 Å². The molecule has 152 valence electrons. The van der Waals surface area contributed by atoms with Crippen molar-refractivity contribution >= 4 is 17.4 Å². The normalized spacial score (nSPS) is 15.0. The molecule has 0 N–H and O–H groups in total. The van der Waals surface area contributed by atoms with Crippen molar-refractivity contribution in [3.05, 3.63) is 47.8 Å². The molecule has 3 heterocycles. The van der Waals surface area contributed by atoms with Crippen molar-refractivity contribution < 1.29 is 22.7 Å². The Morgan fingerprint density at radius 3 is 2.31 bits per heavy atom. The van der Waals surface area contributed by atoms with E-state index >= 15 is 0 Å². The zero-order valence-corrected chi connectivity index (χ0v) is 15.4. The number of aromatic nitrogens is 4. The number of hydrogen-bond acceptors (Lipinski definition) is 6. The molecule has 0 radical (unpaired) electrons. The van der Waals surface area contributed by atoms with E-state index < -0.39 is 12.0 Å². The van der Waals surface area contributed by atoms with Gasteiger partial charge in [0, 0.05) is 31.7 Å². The standard InChI is InChI=1S/C18H17F3N6O2/c1-29-13-4-2-12(3-5-13)16(28)26-10-8-25(9-11-26)15-7-6-14-22-23-17(18(19,20)21)27(14)24-15/h2-7H,8-11H2,1H3. The summed E-state index contributed by atoms with van der Waals surface area (Å²) in [6.07, 6.45) is -4.64. The first-order valence-electron chi connectivity index (χ1n) is 8.85. The van der Waals surface area contributed by atoms with E-state index in [4.69, 9.17) is 4.74 Å². The van der Waals surface area contributed by atoms with E-state index in [2.05, 4.69) is 15.3 Å². The first-order valence-corrected chi connectivity index (χ1v) is 8.85. The highest BCUT2D eigenvalue weighted by atomic mass is 19.4. The van der Waals surface area contributed by atoms with E-state index in [1.165, 1.54) is 6.07 Å². The summed E-state index contributed by atoms with van der Waals surface area (Å²) in [5.74, 6) is -0.226. The lowest BCUT2D eigenvalue weighted by atomic mass is 10.1. The molecule has 1 aromatic carbocycles. The molecule has 2 aromatic heterocycles.